The van der Waals surface area contributed by atoms with Crippen LogP contribution in [-0.4, -0.2) is 32.4 Å². The normalized spacial score (nSPS) is 12.8. The highest BCUT2D eigenvalue weighted by Crippen LogP contribution is 2.44. The molecule has 3 rings (SSSR count). The molecule has 0 aliphatic rings. The molecule has 0 aliphatic carbocycles. The predicted octanol–water partition coefficient (Wildman–Crippen LogP) is 11.9. The largest absolute Gasteiger partial charge is 0.507 e. The van der Waals surface area contributed by atoms with Crippen molar-refractivity contribution in [3.63, 3.8) is 0 Å². The van der Waals surface area contributed by atoms with E-state index in [1.54, 1.807) is 12.1 Å². The number of benzene rings is 3. The van der Waals surface area contributed by atoms with Crippen molar-refractivity contribution >= 4 is 17.5 Å². The first-order chi connectivity index (χ1) is 24.5. The third kappa shape index (κ3) is 12.1. The molecule has 0 spiro atoms. The fourth-order valence-corrected chi connectivity index (χ4v) is 6.28. The molecule has 0 amide bonds. The van der Waals surface area contributed by atoms with Gasteiger partial charge in [-0.25, -0.2) is 4.79 Å². The van der Waals surface area contributed by atoms with E-state index < -0.39 is 11.9 Å². The molecule has 3 aromatic carbocycles. The Morgan fingerprint density at radius 3 is 1.05 bits per heavy atom. The number of carbonyl (C=O) groups is 2. The Labute approximate surface area is 331 Å². The Bertz CT molecular complexity index is 1800. The van der Waals surface area contributed by atoms with E-state index in [9.17, 15) is 24.9 Å². The number of phenolic OH excluding ortho intramolecular Hbond substituents is 3. The summed E-state index contributed by atoms with van der Waals surface area (Å²) in [5.41, 5.74) is 4.80. The minimum absolute atomic E-state index is 0.109. The molecule has 55 heavy (non-hydrogen) atoms. The van der Waals surface area contributed by atoms with Crippen molar-refractivity contribution in [2.24, 2.45) is 0 Å². The van der Waals surface area contributed by atoms with E-state index in [1.165, 1.54) is 0 Å². The van der Waals surface area contributed by atoms with Crippen LogP contribution in [0, 0.1) is 0 Å². The molecule has 3 aromatic rings. The lowest BCUT2D eigenvalue weighted by Gasteiger charge is -2.28. The standard InChI is InChI=1S/C31H44O4.C17H26O3/c1-18(19-14-21(28(2,3)4)25(32)22(15-19)29(5,6)7)27(34)35-20-16-23(30(8,9)10)26(33)24(17-20)31(11,12)13;1-16(2,3)12-9-11(7-8-14(18)19)10-13(15(12)20)17(4,5)6/h14-17,32-33H,1H2,2-13H3;9-10,20H,7-8H2,1-6H3,(H,18,19). The molecule has 0 aliphatic heterocycles. The molecule has 0 radical (unpaired) electrons. The van der Waals surface area contributed by atoms with E-state index in [0.29, 0.717) is 34.6 Å². The van der Waals surface area contributed by atoms with E-state index in [0.717, 1.165) is 27.8 Å². The van der Waals surface area contributed by atoms with E-state index >= 15 is 0 Å². The monoisotopic (exact) mass is 759 g/mol. The van der Waals surface area contributed by atoms with Crippen LogP contribution in [-0.2, 0) is 48.5 Å². The molecule has 4 N–H and O–H groups in total. The Hall–Kier alpha value is -4.26. The summed E-state index contributed by atoms with van der Waals surface area (Å²) in [6, 6.07) is 11.0. The van der Waals surface area contributed by atoms with Gasteiger partial charge < -0.3 is 25.2 Å². The van der Waals surface area contributed by atoms with Gasteiger partial charge in [0, 0.05) is 28.7 Å². The molecule has 304 valence electrons. The lowest BCUT2D eigenvalue weighted by molar-refractivity contribution is -0.137. The van der Waals surface area contributed by atoms with E-state index in [4.69, 9.17) is 9.84 Å². The van der Waals surface area contributed by atoms with Gasteiger partial charge in [0.05, 0.1) is 5.57 Å². The first kappa shape index (κ1) is 46.9. The minimum atomic E-state index is -0.798. The second kappa shape index (κ2) is 16.1. The number of aliphatic carboxylic acids is 1. The Kier molecular flexibility index (Phi) is 13.7. The summed E-state index contributed by atoms with van der Waals surface area (Å²) in [6.45, 7) is 40.6. The molecule has 0 saturated carbocycles. The van der Waals surface area contributed by atoms with Gasteiger partial charge in [-0.15, -0.1) is 0 Å². The maximum atomic E-state index is 13.3. The number of esters is 1. The highest BCUT2D eigenvalue weighted by molar-refractivity contribution is 6.16. The van der Waals surface area contributed by atoms with Gasteiger partial charge in [0.25, 0.3) is 0 Å². The molecule has 0 saturated heterocycles. The number of aryl methyl sites for hydroxylation is 1. The second-order valence-corrected chi connectivity index (χ2v) is 21.1. The molecule has 0 aromatic heterocycles. The van der Waals surface area contributed by atoms with Crippen LogP contribution in [0.25, 0.3) is 5.57 Å². The molecule has 0 unspecified atom stereocenters. The first-order valence-electron chi connectivity index (χ1n) is 19.2. The second-order valence-electron chi connectivity index (χ2n) is 21.1. The van der Waals surface area contributed by atoms with Crippen molar-refractivity contribution in [1.29, 1.82) is 0 Å². The van der Waals surface area contributed by atoms with Gasteiger partial charge >= 0.3 is 11.9 Å². The number of carboxylic acid groups (broad SMARTS) is 1. The van der Waals surface area contributed by atoms with Crippen molar-refractivity contribution in [3.05, 3.63) is 87.5 Å². The SMILES string of the molecule is C=C(C(=O)Oc1cc(C(C)(C)C)c(O)c(C(C)(C)C)c1)c1cc(C(C)(C)C)c(O)c(C(C)(C)C)c1.CC(C)(C)c1cc(CCC(=O)O)cc(C(C)(C)C)c1O. The van der Waals surface area contributed by atoms with Crippen molar-refractivity contribution in [1.82, 2.24) is 0 Å². The minimum Gasteiger partial charge on any atom is -0.507 e. The molecule has 0 fully saturated rings. The van der Waals surface area contributed by atoms with Gasteiger partial charge in [-0.1, -0.05) is 143 Å². The van der Waals surface area contributed by atoms with Gasteiger partial charge in [0.15, 0.2) is 0 Å². The highest BCUT2D eigenvalue weighted by atomic mass is 16.5. The molecule has 7 nitrogen and oxygen atoms in total. The maximum Gasteiger partial charge on any atom is 0.343 e. The molecular weight excluding hydrogens is 689 g/mol. The van der Waals surface area contributed by atoms with Crippen LogP contribution in [0.15, 0.2) is 43.0 Å². The van der Waals surface area contributed by atoms with E-state index in [2.05, 4.69) is 48.1 Å². The van der Waals surface area contributed by atoms with Crippen molar-refractivity contribution in [2.45, 2.75) is 170 Å². The smallest absolute Gasteiger partial charge is 0.343 e. The number of rotatable bonds is 6. The van der Waals surface area contributed by atoms with Gasteiger partial charge in [-0.3, -0.25) is 4.79 Å². The Morgan fingerprint density at radius 2 is 0.782 bits per heavy atom. The van der Waals surface area contributed by atoms with Crippen LogP contribution in [0.1, 0.15) is 176 Å². The molecular formula is C48H70O7. The summed E-state index contributed by atoms with van der Waals surface area (Å²) in [4.78, 5) is 24.0. The topological polar surface area (TPSA) is 124 Å². The number of aromatic hydroxyl groups is 3. The number of ether oxygens (including phenoxy) is 1. The quantitative estimate of drug-likeness (QED) is 0.112. The number of phenols is 3. The zero-order valence-corrected chi connectivity index (χ0v) is 37.1. The summed E-state index contributed by atoms with van der Waals surface area (Å²) in [7, 11) is 0. The lowest BCUT2D eigenvalue weighted by Crippen LogP contribution is -2.20. The highest BCUT2D eigenvalue weighted by Gasteiger charge is 2.31. The van der Waals surface area contributed by atoms with Crippen LogP contribution in [0.5, 0.6) is 23.0 Å². The van der Waals surface area contributed by atoms with Crippen LogP contribution >= 0.6 is 0 Å². The van der Waals surface area contributed by atoms with Crippen LogP contribution in [0.2, 0.25) is 0 Å². The van der Waals surface area contributed by atoms with E-state index in [-0.39, 0.29) is 56.0 Å². The molecule has 0 heterocycles. The summed E-state index contributed by atoms with van der Waals surface area (Å²) >= 11 is 0. The van der Waals surface area contributed by atoms with Crippen LogP contribution in [0.4, 0.5) is 0 Å². The van der Waals surface area contributed by atoms with E-state index in [1.807, 2.05) is 107 Å². The average Bonchev–Trinajstić information content (AvgIpc) is 2.97. The molecule has 7 heteroatoms. The van der Waals surface area contributed by atoms with Gasteiger partial charge in [-0.2, -0.15) is 0 Å². The Balaban J connectivity index is 0.000000443. The number of carbonyl (C=O) groups excluding carboxylic acids is 1. The fourth-order valence-electron chi connectivity index (χ4n) is 6.28. The number of carboxylic acids is 1. The van der Waals surface area contributed by atoms with Crippen LogP contribution in [0.3, 0.4) is 0 Å². The van der Waals surface area contributed by atoms with Gasteiger partial charge in [0.1, 0.15) is 23.0 Å². The third-order valence-electron chi connectivity index (χ3n) is 9.64. The summed E-state index contributed by atoms with van der Waals surface area (Å²) in [5.74, 6) is -0.183. The van der Waals surface area contributed by atoms with Crippen molar-refractivity contribution in [2.75, 3.05) is 0 Å². The zero-order chi connectivity index (χ0) is 43.0. The summed E-state index contributed by atoms with van der Waals surface area (Å²) in [6.07, 6.45) is 0.597. The zero-order valence-electron chi connectivity index (χ0n) is 37.1. The lowest BCUT2D eigenvalue weighted by atomic mass is 9.78. The number of hydrogen-bond acceptors (Lipinski definition) is 6. The van der Waals surface area contributed by atoms with Gasteiger partial charge in [0.2, 0.25) is 0 Å². The summed E-state index contributed by atoms with van der Waals surface area (Å²) in [5, 5.41) is 41.4. The van der Waals surface area contributed by atoms with Gasteiger partial charge in [-0.05, 0) is 85.4 Å². The fraction of sp³-hybridized carbons (Fsp3) is 0.542. The van der Waals surface area contributed by atoms with Crippen molar-refractivity contribution < 1.29 is 34.8 Å². The first-order valence-corrected chi connectivity index (χ1v) is 19.2. The maximum absolute atomic E-state index is 13.3. The third-order valence-corrected chi connectivity index (χ3v) is 9.64. The van der Waals surface area contributed by atoms with Crippen LogP contribution < -0.4 is 4.74 Å². The molecule has 0 atom stereocenters. The average molecular weight is 759 g/mol. The number of hydrogen-bond donors (Lipinski definition) is 4. The van der Waals surface area contributed by atoms with Crippen molar-refractivity contribution in [3.8, 4) is 23.0 Å². The molecule has 0 bridgehead atoms. The predicted molar refractivity (Wildman–Crippen MR) is 227 cm³/mol. The Morgan fingerprint density at radius 1 is 0.509 bits per heavy atom. The summed E-state index contributed by atoms with van der Waals surface area (Å²) < 4.78 is 5.83.